The van der Waals surface area contributed by atoms with Crippen LogP contribution in [0.25, 0.3) is 10.9 Å². The number of carbonyl (C=O) groups excluding carboxylic acids is 1. The van der Waals surface area contributed by atoms with Crippen LogP contribution < -0.4 is 0 Å². The molecule has 110 valence electrons. The fourth-order valence-corrected chi connectivity index (χ4v) is 3.00. The molecule has 0 radical (unpaired) electrons. The van der Waals surface area contributed by atoms with Gasteiger partial charge < -0.3 is 15.0 Å². The molecular formula is C16H18N2O3. The molecule has 3 rings (SSSR count). The molecule has 2 N–H and O–H groups in total. The Morgan fingerprint density at radius 2 is 2.05 bits per heavy atom. The quantitative estimate of drug-likeness (QED) is 0.891. The Balaban J connectivity index is 1.97. The number of fused-ring (bicyclic) bond motifs is 1. The summed E-state index contributed by atoms with van der Waals surface area (Å²) in [6.07, 6.45) is 2.17. The molecule has 5 nitrogen and oxygen atoms in total. The van der Waals surface area contributed by atoms with Gasteiger partial charge in [0.15, 0.2) is 0 Å². The van der Waals surface area contributed by atoms with E-state index in [-0.39, 0.29) is 5.91 Å². The fraction of sp³-hybridized carbons (Fsp3) is 0.375. The maximum Gasteiger partial charge on any atom is 0.329 e. The summed E-state index contributed by atoms with van der Waals surface area (Å²) in [5.74, 6) is -1.18. The lowest BCUT2D eigenvalue weighted by molar-refractivity contribution is -0.150. The number of piperidine rings is 1. The van der Waals surface area contributed by atoms with E-state index in [4.69, 9.17) is 0 Å². The van der Waals surface area contributed by atoms with E-state index in [1.807, 2.05) is 24.3 Å². The first-order chi connectivity index (χ1) is 10.0. The van der Waals surface area contributed by atoms with E-state index in [0.29, 0.717) is 18.7 Å². The average molecular weight is 286 g/mol. The Morgan fingerprint density at radius 3 is 2.76 bits per heavy atom. The van der Waals surface area contributed by atoms with E-state index < -0.39 is 11.5 Å². The minimum Gasteiger partial charge on any atom is -0.480 e. The van der Waals surface area contributed by atoms with Crippen LogP contribution in [0.5, 0.6) is 0 Å². The molecule has 1 unspecified atom stereocenters. The highest BCUT2D eigenvalue weighted by Gasteiger charge is 2.44. The molecule has 1 saturated heterocycles. The molecule has 1 amide bonds. The van der Waals surface area contributed by atoms with Gasteiger partial charge in [0.25, 0.3) is 5.91 Å². The molecule has 1 aromatic carbocycles. The van der Waals surface area contributed by atoms with Gasteiger partial charge in [-0.15, -0.1) is 0 Å². The lowest BCUT2D eigenvalue weighted by atomic mass is 9.88. The number of hydrogen-bond donors (Lipinski definition) is 2. The molecule has 0 saturated carbocycles. The van der Waals surface area contributed by atoms with Crippen molar-refractivity contribution in [3.8, 4) is 0 Å². The number of carbonyl (C=O) groups is 2. The maximum atomic E-state index is 12.7. The molecule has 2 heterocycles. The van der Waals surface area contributed by atoms with Gasteiger partial charge in [0.2, 0.25) is 0 Å². The summed E-state index contributed by atoms with van der Waals surface area (Å²) >= 11 is 0. The second-order valence-corrected chi connectivity index (χ2v) is 5.76. The number of nitrogens with zero attached hydrogens (tertiary/aromatic N) is 1. The fourth-order valence-electron chi connectivity index (χ4n) is 3.00. The second kappa shape index (κ2) is 4.91. The predicted octanol–water partition coefficient (Wildman–Crippen LogP) is 2.64. The number of likely N-dealkylation sites (tertiary alicyclic amines) is 1. The Labute approximate surface area is 122 Å². The Kier molecular flexibility index (Phi) is 3.20. The van der Waals surface area contributed by atoms with Crippen LogP contribution in [0.3, 0.4) is 0 Å². The zero-order chi connectivity index (χ0) is 15.0. The van der Waals surface area contributed by atoms with E-state index in [0.717, 1.165) is 23.7 Å². The molecule has 21 heavy (non-hydrogen) atoms. The van der Waals surface area contributed by atoms with Crippen LogP contribution in [0.2, 0.25) is 0 Å². The third-order valence-electron chi connectivity index (χ3n) is 4.36. The highest BCUT2D eigenvalue weighted by molar-refractivity contribution is 6.00. The first-order valence-corrected chi connectivity index (χ1v) is 7.15. The van der Waals surface area contributed by atoms with E-state index in [9.17, 15) is 14.7 Å². The van der Waals surface area contributed by atoms with Gasteiger partial charge in [-0.2, -0.15) is 0 Å². The number of benzene rings is 1. The smallest absolute Gasteiger partial charge is 0.329 e. The van der Waals surface area contributed by atoms with Crippen LogP contribution in [0, 0.1) is 0 Å². The van der Waals surface area contributed by atoms with Crippen molar-refractivity contribution in [1.82, 2.24) is 9.88 Å². The van der Waals surface area contributed by atoms with Gasteiger partial charge in [0.05, 0.1) is 0 Å². The molecule has 0 bridgehead atoms. The topological polar surface area (TPSA) is 73.4 Å². The highest BCUT2D eigenvalue weighted by Crippen LogP contribution is 2.30. The van der Waals surface area contributed by atoms with Gasteiger partial charge >= 0.3 is 5.97 Å². The highest BCUT2D eigenvalue weighted by atomic mass is 16.4. The molecular weight excluding hydrogens is 268 g/mol. The largest absolute Gasteiger partial charge is 0.480 e. The third-order valence-corrected chi connectivity index (χ3v) is 4.36. The van der Waals surface area contributed by atoms with Gasteiger partial charge in [0.1, 0.15) is 11.2 Å². The van der Waals surface area contributed by atoms with Crippen molar-refractivity contribution >= 4 is 22.8 Å². The number of rotatable bonds is 2. The number of nitrogens with one attached hydrogen (secondary N) is 1. The SMILES string of the molecule is CC1(C(=O)O)CCCCN1C(=O)c1cc2ccccc2[nH]1. The van der Waals surface area contributed by atoms with E-state index in [1.54, 1.807) is 13.0 Å². The van der Waals surface area contributed by atoms with Crippen LogP contribution in [-0.2, 0) is 4.79 Å². The van der Waals surface area contributed by atoms with Gasteiger partial charge in [-0.1, -0.05) is 18.2 Å². The monoisotopic (exact) mass is 286 g/mol. The number of amides is 1. The molecule has 2 aromatic rings. The summed E-state index contributed by atoms with van der Waals surface area (Å²) < 4.78 is 0. The van der Waals surface area contributed by atoms with Crippen molar-refractivity contribution in [2.75, 3.05) is 6.54 Å². The van der Waals surface area contributed by atoms with Gasteiger partial charge in [-0.05, 0) is 38.3 Å². The summed E-state index contributed by atoms with van der Waals surface area (Å²) in [4.78, 5) is 28.9. The van der Waals surface area contributed by atoms with Crippen LogP contribution in [0.15, 0.2) is 30.3 Å². The molecule has 1 atom stereocenters. The third kappa shape index (κ3) is 2.18. The van der Waals surface area contributed by atoms with E-state index >= 15 is 0 Å². The maximum absolute atomic E-state index is 12.7. The number of aliphatic carboxylic acids is 1. The molecule has 5 heteroatoms. The minimum atomic E-state index is -1.12. The lowest BCUT2D eigenvalue weighted by Crippen LogP contribution is -2.57. The van der Waals surface area contributed by atoms with Crippen LogP contribution in [0.4, 0.5) is 0 Å². The Bertz CT molecular complexity index is 673. The van der Waals surface area contributed by atoms with Gasteiger partial charge in [-0.25, -0.2) is 4.79 Å². The molecule has 1 aromatic heterocycles. The van der Waals surface area contributed by atoms with Crippen LogP contribution >= 0.6 is 0 Å². The predicted molar refractivity (Wildman–Crippen MR) is 79.2 cm³/mol. The summed E-state index contributed by atoms with van der Waals surface area (Å²) in [7, 11) is 0. The van der Waals surface area contributed by atoms with Crippen molar-refractivity contribution in [3.05, 3.63) is 36.0 Å². The van der Waals surface area contributed by atoms with Gasteiger partial charge in [-0.3, -0.25) is 4.79 Å². The standard InChI is InChI=1S/C16H18N2O3/c1-16(15(20)21)8-4-5-9-18(16)14(19)13-10-11-6-2-3-7-12(11)17-13/h2-3,6-7,10,17H,4-5,8-9H2,1H3,(H,20,21). The van der Waals surface area contributed by atoms with Crippen LogP contribution in [-0.4, -0.2) is 39.0 Å². The number of para-hydroxylation sites is 1. The van der Waals surface area contributed by atoms with Crippen molar-refractivity contribution in [1.29, 1.82) is 0 Å². The van der Waals surface area contributed by atoms with Gasteiger partial charge in [0, 0.05) is 17.4 Å². The molecule has 1 aliphatic rings. The van der Waals surface area contributed by atoms with Crippen LogP contribution in [0.1, 0.15) is 36.7 Å². The lowest BCUT2D eigenvalue weighted by Gasteiger charge is -2.41. The number of aromatic amines is 1. The Hall–Kier alpha value is -2.30. The average Bonchev–Trinajstić information content (AvgIpc) is 2.91. The van der Waals surface area contributed by atoms with Crippen molar-refractivity contribution < 1.29 is 14.7 Å². The normalized spacial score (nSPS) is 22.4. The molecule has 0 aliphatic carbocycles. The van der Waals surface area contributed by atoms with Crippen molar-refractivity contribution in [3.63, 3.8) is 0 Å². The Morgan fingerprint density at radius 1 is 1.29 bits per heavy atom. The van der Waals surface area contributed by atoms with Crippen molar-refractivity contribution in [2.45, 2.75) is 31.7 Å². The zero-order valence-electron chi connectivity index (χ0n) is 11.9. The van der Waals surface area contributed by atoms with E-state index in [2.05, 4.69) is 4.98 Å². The number of carboxylic acid groups (broad SMARTS) is 1. The summed E-state index contributed by atoms with van der Waals surface area (Å²) in [5.41, 5.74) is 0.215. The van der Waals surface area contributed by atoms with E-state index in [1.165, 1.54) is 4.90 Å². The second-order valence-electron chi connectivity index (χ2n) is 5.76. The first kappa shape index (κ1) is 13.7. The number of aromatic nitrogens is 1. The van der Waals surface area contributed by atoms with Crippen molar-refractivity contribution in [2.24, 2.45) is 0 Å². The molecule has 1 fully saturated rings. The minimum absolute atomic E-state index is 0.240. The summed E-state index contributed by atoms with van der Waals surface area (Å²) in [5, 5.41) is 10.5. The summed E-state index contributed by atoms with van der Waals surface area (Å²) in [6.45, 7) is 2.12. The molecule has 1 aliphatic heterocycles. The number of carboxylic acids is 1. The summed E-state index contributed by atoms with van der Waals surface area (Å²) in [6, 6.07) is 9.42. The molecule has 0 spiro atoms. The number of hydrogen-bond acceptors (Lipinski definition) is 2. The number of H-pyrrole nitrogens is 1. The first-order valence-electron chi connectivity index (χ1n) is 7.15. The zero-order valence-corrected chi connectivity index (χ0v) is 11.9.